The number of allylic oxidation sites excluding steroid dienone is 3. The molecule has 0 spiro atoms. The van der Waals surface area contributed by atoms with Crippen molar-refractivity contribution >= 4 is 11.8 Å². The van der Waals surface area contributed by atoms with Crippen LogP contribution in [0, 0.1) is 0 Å². The predicted octanol–water partition coefficient (Wildman–Crippen LogP) is 4.65. The first-order valence-corrected chi connectivity index (χ1v) is 12.2. The number of nitrogens with one attached hydrogen (secondary N) is 1. The van der Waals surface area contributed by atoms with Gasteiger partial charge in [-0.15, -0.1) is 0 Å². The summed E-state index contributed by atoms with van der Waals surface area (Å²) < 4.78 is 27.5. The Bertz CT molecular complexity index is 1280. The number of benzene rings is 2. The summed E-state index contributed by atoms with van der Waals surface area (Å²) in [6.45, 7) is 3.81. The number of carbonyl (C=O) groups excluding carboxylic acids is 2. The maximum Gasteiger partial charge on any atom is 0.336 e. The Hall–Kier alpha value is -3.94. The first-order chi connectivity index (χ1) is 17.9. The second kappa shape index (κ2) is 11.0. The molecule has 0 radical (unpaired) electrons. The molecule has 0 amide bonds. The van der Waals surface area contributed by atoms with Gasteiger partial charge >= 0.3 is 5.97 Å². The van der Waals surface area contributed by atoms with Crippen molar-refractivity contribution in [3.8, 4) is 23.0 Å². The van der Waals surface area contributed by atoms with Gasteiger partial charge in [0.25, 0.3) is 0 Å². The molecule has 1 aliphatic heterocycles. The van der Waals surface area contributed by atoms with Crippen molar-refractivity contribution in [1.29, 1.82) is 0 Å². The standard InChI is InChI=1S/C29H33NO7/c1-7-37-29(32)25-16(2)30-20-13-18(17-11-12-22(33-3)24(15-17)35-5)14-21(31)27(20)26(25)19-9-8-10-23(34-4)28(19)36-6/h8-12,15,18,26,30H,7,13-14H2,1-6H3/t18-,26+/m0/s1. The van der Waals surface area contributed by atoms with Gasteiger partial charge in [-0.3, -0.25) is 4.79 Å². The molecule has 0 saturated heterocycles. The normalized spacial score (nSPS) is 19.1. The highest BCUT2D eigenvalue weighted by Crippen LogP contribution is 2.49. The lowest BCUT2D eigenvalue weighted by atomic mass is 9.71. The SMILES string of the molecule is CCOC(=O)C1=C(C)NC2=C(C(=O)C[C@@H](c3ccc(OC)c(OC)c3)C2)[C@@H]1c1cccc(OC)c1OC. The van der Waals surface area contributed by atoms with E-state index >= 15 is 0 Å². The summed E-state index contributed by atoms with van der Waals surface area (Å²) in [5, 5.41) is 3.36. The molecule has 0 unspecified atom stereocenters. The molecule has 2 aromatic rings. The van der Waals surface area contributed by atoms with Gasteiger partial charge in [0.2, 0.25) is 0 Å². The largest absolute Gasteiger partial charge is 0.493 e. The molecular weight excluding hydrogens is 474 g/mol. The first kappa shape index (κ1) is 26.1. The van der Waals surface area contributed by atoms with Crippen molar-refractivity contribution in [2.45, 2.75) is 38.5 Å². The molecule has 8 heteroatoms. The van der Waals surface area contributed by atoms with Gasteiger partial charge in [-0.25, -0.2) is 4.79 Å². The highest BCUT2D eigenvalue weighted by atomic mass is 16.5. The molecule has 4 rings (SSSR count). The lowest BCUT2D eigenvalue weighted by Crippen LogP contribution is -2.36. The summed E-state index contributed by atoms with van der Waals surface area (Å²) >= 11 is 0. The van der Waals surface area contributed by atoms with Gasteiger partial charge in [-0.2, -0.15) is 0 Å². The molecule has 8 nitrogen and oxygen atoms in total. The van der Waals surface area contributed by atoms with E-state index in [1.807, 2.05) is 37.3 Å². The minimum atomic E-state index is -0.654. The molecule has 1 N–H and O–H groups in total. The average molecular weight is 508 g/mol. The Morgan fingerprint density at radius 2 is 1.68 bits per heavy atom. The lowest BCUT2D eigenvalue weighted by Gasteiger charge is -2.37. The molecule has 2 atom stereocenters. The molecule has 37 heavy (non-hydrogen) atoms. The summed E-state index contributed by atoms with van der Waals surface area (Å²) in [6.07, 6.45) is 0.876. The fourth-order valence-corrected chi connectivity index (χ4v) is 5.31. The number of dihydropyridines is 1. The van der Waals surface area contributed by atoms with E-state index in [-0.39, 0.29) is 24.7 Å². The van der Waals surface area contributed by atoms with Crippen molar-refractivity contribution in [1.82, 2.24) is 5.32 Å². The van der Waals surface area contributed by atoms with Crippen LogP contribution in [0.15, 0.2) is 58.9 Å². The van der Waals surface area contributed by atoms with E-state index in [0.717, 1.165) is 11.3 Å². The Morgan fingerprint density at radius 3 is 2.32 bits per heavy atom. The Balaban J connectivity index is 1.84. The fourth-order valence-electron chi connectivity index (χ4n) is 5.31. The number of methoxy groups -OCH3 is 4. The van der Waals surface area contributed by atoms with Crippen LogP contribution in [0.3, 0.4) is 0 Å². The van der Waals surface area contributed by atoms with Crippen LogP contribution in [0.4, 0.5) is 0 Å². The molecular formula is C29H33NO7. The van der Waals surface area contributed by atoms with Crippen LogP contribution in [0.5, 0.6) is 23.0 Å². The first-order valence-electron chi connectivity index (χ1n) is 12.2. The summed E-state index contributed by atoms with van der Waals surface area (Å²) in [6, 6.07) is 11.2. The van der Waals surface area contributed by atoms with Crippen LogP contribution in [-0.4, -0.2) is 46.8 Å². The fraction of sp³-hybridized carbons (Fsp3) is 0.379. The number of esters is 1. The Labute approximate surface area is 217 Å². The Morgan fingerprint density at radius 1 is 0.946 bits per heavy atom. The monoisotopic (exact) mass is 507 g/mol. The zero-order valence-electron chi connectivity index (χ0n) is 22.1. The number of ketones is 1. The van der Waals surface area contributed by atoms with E-state index in [1.165, 1.54) is 0 Å². The van der Waals surface area contributed by atoms with Crippen LogP contribution >= 0.6 is 0 Å². The molecule has 196 valence electrons. The van der Waals surface area contributed by atoms with Crippen molar-refractivity contribution in [2.75, 3.05) is 35.0 Å². The van der Waals surface area contributed by atoms with Crippen molar-refractivity contribution < 1.29 is 33.3 Å². The van der Waals surface area contributed by atoms with Crippen molar-refractivity contribution in [3.63, 3.8) is 0 Å². The highest BCUT2D eigenvalue weighted by Gasteiger charge is 2.43. The minimum Gasteiger partial charge on any atom is -0.493 e. The van der Waals surface area contributed by atoms with E-state index < -0.39 is 11.9 Å². The van der Waals surface area contributed by atoms with Gasteiger partial charge in [0.15, 0.2) is 28.8 Å². The van der Waals surface area contributed by atoms with Crippen LogP contribution in [0.1, 0.15) is 49.7 Å². The average Bonchev–Trinajstić information content (AvgIpc) is 2.91. The highest BCUT2D eigenvalue weighted by molar-refractivity contribution is 6.04. The van der Waals surface area contributed by atoms with Gasteiger partial charge in [-0.1, -0.05) is 18.2 Å². The van der Waals surface area contributed by atoms with Crippen molar-refractivity contribution in [2.24, 2.45) is 0 Å². The minimum absolute atomic E-state index is 0.0438. The van der Waals surface area contributed by atoms with Crippen LogP contribution in [-0.2, 0) is 14.3 Å². The second-order valence-electron chi connectivity index (χ2n) is 8.93. The zero-order chi connectivity index (χ0) is 26.7. The number of para-hydroxylation sites is 1. The molecule has 2 aliphatic rings. The van der Waals surface area contributed by atoms with E-state index in [9.17, 15) is 9.59 Å². The maximum atomic E-state index is 13.9. The summed E-state index contributed by atoms with van der Waals surface area (Å²) in [5.74, 6) is 1.01. The second-order valence-corrected chi connectivity index (χ2v) is 8.93. The molecule has 1 aliphatic carbocycles. The Kier molecular flexibility index (Phi) is 7.76. The molecule has 1 heterocycles. The third-order valence-corrected chi connectivity index (χ3v) is 6.95. The topological polar surface area (TPSA) is 92.3 Å². The molecule has 0 saturated carbocycles. The van der Waals surface area contributed by atoms with Crippen LogP contribution in [0.25, 0.3) is 0 Å². The molecule has 0 aromatic heterocycles. The van der Waals surface area contributed by atoms with E-state index in [0.29, 0.717) is 51.8 Å². The summed E-state index contributed by atoms with van der Waals surface area (Å²) in [4.78, 5) is 27.1. The molecule has 0 fully saturated rings. The number of Topliss-reactive ketones (excluding diaryl/α,β-unsaturated/α-hetero) is 1. The number of ether oxygens (including phenoxy) is 5. The van der Waals surface area contributed by atoms with Gasteiger partial charge in [-0.05, 0) is 49.9 Å². The lowest BCUT2D eigenvalue weighted by molar-refractivity contribution is -0.138. The van der Waals surface area contributed by atoms with Gasteiger partial charge in [0.1, 0.15) is 0 Å². The number of hydrogen-bond acceptors (Lipinski definition) is 8. The van der Waals surface area contributed by atoms with Crippen molar-refractivity contribution in [3.05, 3.63) is 70.1 Å². The quantitative estimate of drug-likeness (QED) is 0.517. The number of carbonyl (C=O) groups is 2. The smallest absolute Gasteiger partial charge is 0.336 e. The summed E-state index contributed by atoms with van der Waals surface area (Å²) in [7, 11) is 6.29. The number of rotatable bonds is 8. The van der Waals surface area contributed by atoms with E-state index in [1.54, 1.807) is 41.4 Å². The van der Waals surface area contributed by atoms with E-state index in [4.69, 9.17) is 23.7 Å². The van der Waals surface area contributed by atoms with Gasteiger partial charge in [0, 0.05) is 29.0 Å². The zero-order valence-corrected chi connectivity index (χ0v) is 22.1. The van der Waals surface area contributed by atoms with Crippen LogP contribution < -0.4 is 24.3 Å². The predicted molar refractivity (Wildman–Crippen MR) is 138 cm³/mol. The number of hydrogen-bond donors (Lipinski definition) is 1. The third kappa shape index (κ3) is 4.75. The summed E-state index contributed by atoms with van der Waals surface area (Å²) in [5.41, 5.74) is 4.04. The third-order valence-electron chi connectivity index (χ3n) is 6.95. The maximum absolute atomic E-state index is 13.9. The van der Waals surface area contributed by atoms with E-state index in [2.05, 4.69) is 5.32 Å². The van der Waals surface area contributed by atoms with Crippen LogP contribution in [0.2, 0.25) is 0 Å². The molecule has 0 bridgehead atoms. The molecule has 2 aromatic carbocycles. The van der Waals surface area contributed by atoms with Gasteiger partial charge in [0.05, 0.1) is 46.5 Å². The van der Waals surface area contributed by atoms with Gasteiger partial charge < -0.3 is 29.0 Å².